The molecule has 2 aromatic carbocycles. The molecule has 6 aromatic rings. The van der Waals surface area contributed by atoms with E-state index in [1.807, 2.05) is 25.2 Å². The highest BCUT2D eigenvalue weighted by atomic mass is 16.3. The van der Waals surface area contributed by atoms with Gasteiger partial charge in [-0.05, 0) is 30.3 Å². The summed E-state index contributed by atoms with van der Waals surface area (Å²) in [5, 5.41) is 2.08. The first-order chi connectivity index (χ1) is 11.8. The van der Waals surface area contributed by atoms with Gasteiger partial charge in [0, 0.05) is 30.1 Å². The standard InChI is InChI=1S/C19H12N4O/c1-22-14-6-2-3-7-15(14)23-16-10-17-12(9-13(16)21-19(22)23)11-5-4-8-20-18(11)24-17/h2-10H,1H3. The fourth-order valence-corrected chi connectivity index (χ4v) is 3.68. The van der Waals surface area contributed by atoms with Crippen LogP contribution in [0, 0.1) is 0 Å². The topological polar surface area (TPSA) is 48.3 Å². The smallest absolute Gasteiger partial charge is 0.227 e. The highest BCUT2D eigenvalue weighted by Gasteiger charge is 2.16. The number of furan rings is 1. The fraction of sp³-hybridized carbons (Fsp3) is 0.0526. The third-order valence-corrected chi connectivity index (χ3v) is 4.79. The Morgan fingerprint density at radius 1 is 0.917 bits per heavy atom. The van der Waals surface area contributed by atoms with Crippen LogP contribution >= 0.6 is 0 Å². The largest absolute Gasteiger partial charge is 0.438 e. The Kier molecular flexibility index (Phi) is 1.99. The Morgan fingerprint density at radius 2 is 1.79 bits per heavy atom. The molecule has 0 N–H and O–H groups in total. The van der Waals surface area contributed by atoms with Gasteiger partial charge in [0.05, 0.1) is 22.1 Å². The molecule has 5 heteroatoms. The summed E-state index contributed by atoms with van der Waals surface area (Å²) in [4.78, 5) is 9.16. The van der Waals surface area contributed by atoms with Gasteiger partial charge in [-0.2, -0.15) is 0 Å². The second kappa shape index (κ2) is 3.94. The number of nitrogens with zero attached hydrogens (tertiary/aromatic N) is 4. The molecule has 0 bridgehead atoms. The van der Waals surface area contributed by atoms with Crippen LogP contribution in [0.3, 0.4) is 0 Å². The number of imidazole rings is 2. The van der Waals surface area contributed by atoms with Crippen LogP contribution in [0.5, 0.6) is 0 Å². The van der Waals surface area contributed by atoms with E-state index >= 15 is 0 Å². The number of rotatable bonds is 0. The minimum absolute atomic E-state index is 0.666. The minimum Gasteiger partial charge on any atom is -0.438 e. The van der Waals surface area contributed by atoms with Gasteiger partial charge in [-0.3, -0.25) is 4.40 Å². The molecular weight excluding hydrogens is 300 g/mol. The second-order valence-corrected chi connectivity index (χ2v) is 6.09. The van der Waals surface area contributed by atoms with Gasteiger partial charge in [0.25, 0.3) is 0 Å². The quantitative estimate of drug-likeness (QED) is 0.421. The van der Waals surface area contributed by atoms with Crippen LogP contribution in [0.1, 0.15) is 0 Å². The molecule has 4 aromatic heterocycles. The van der Waals surface area contributed by atoms with Gasteiger partial charge in [0.15, 0.2) is 0 Å². The van der Waals surface area contributed by atoms with Crippen LogP contribution in [0.4, 0.5) is 0 Å². The average Bonchev–Trinajstić information content (AvgIpc) is 3.24. The van der Waals surface area contributed by atoms with Crippen molar-refractivity contribution in [1.29, 1.82) is 0 Å². The Morgan fingerprint density at radius 3 is 2.71 bits per heavy atom. The van der Waals surface area contributed by atoms with Gasteiger partial charge >= 0.3 is 0 Å². The summed E-state index contributed by atoms with van der Waals surface area (Å²) < 4.78 is 10.2. The molecule has 0 fully saturated rings. The highest BCUT2D eigenvalue weighted by Crippen LogP contribution is 2.33. The summed E-state index contributed by atoms with van der Waals surface area (Å²) in [7, 11) is 2.05. The van der Waals surface area contributed by atoms with Crippen LogP contribution in [0.15, 0.2) is 59.1 Å². The maximum Gasteiger partial charge on any atom is 0.227 e. The summed E-state index contributed by atoms with van der Waals surface area (Å²) >= 11 is 0. The molecule has 6 rings (SSSR count). The molecule has 5 nitrogen and oxygen atoms in total. The van der Waals surface area contributed by atoms with E-state index in [9.17, 15) is 0 Å². The number of benzene rings is 2. The SMILES string of the molecule is Cn1c2ccccc2n2c3cc4oc5ncccc5c4cc3nc12. The van der Waals surface area contributed by atoms with E-state index in [4.69, 9.17) is 9.40 Å². The van der Waals surface area contributed by atoms with Crippen LogP contribution in [-0.2, 0) is 7.05 Å². The Bertz CT molecular complexity index is 1420. The Hall–Kier alpha value is -3.34. The van der Waals surface area contributed by atoms with Gasteiger partial charge in [0.1, 0.15) is 5.58 Å². The van der Waals surface area contributed by atoms with Crippen molar-refractivity contribution in [3.8, 4) is 0 Å². The lowest BCUT2D eigenvalue weighted by molar-refractivity contribution is 0.654. The van der Waals surface area contributed by atoms with Crippen molar-refractivity contribution < 1.29 is 4.42 Å². The van der Waals surface area contributed by atoms with E-state index in [1.165, 1.54) is 0 Å². The molecule has 0 aliphatic carbocycles. The Labute approximate surface area is 135 Å². The van der Waals surface area contributed by atoms with Crippen molar-refractivity contribution in [1.82, 2.24) is 18.9 Å². The number of aromatic nitrogens is 4. The molecule has 114 valence electrons. The predicted molar refractivity (Wildman–Crippen MR) is 94.2 cm³/mol. The highest BCUT2D eigenvalue weighted by molar-refractivity contribution is 6.09. The normalized spacial score (nSPS) is 12.4. The molecule has 0 unspecified atom stereocenters. The van der Waals surface area contributed by atoms with Gasteiger partial charge in [-0.25, -0.2) is 9.97 Å². The summed E-state index contributed by atoms with van der Waals surface area (Å²) in [6, 6.07) is 16.5. The van der Waals surface area contributed by atoms with E-state index in [-0.39, 0.29) is 0 Å². The third-order valence-electron chi connectivity index (χ3n) is 4.79. The van der Waals surface area contributed by atoms with Crippen LogP contribution in [0.25, 0.3) is 49.9 Å². The van der Waals surface area contributed by atoms with Crippen molar-refractivity contribution >= 4 is 49.9 Å². The zero-order valence-electron chi connectivity index (χ0n) is 12.9. The fourth-order valence-electron chi connectivity index (χ4n) is 3.68. The number of fused-ring (bicyclic) bond motifs is 8. The lowest BCUT2D eigenvalue weighted by Gasteiger charge is -1.95. The molecule has 0 saturated carbocycles. The maximum atomic E-state index is 5.94. The molecule has 0 amide bonds. The van der Waals surface area contributed by atoms with Gasteiger partial charge in [0.2, 0.25) is 11.5 Å². The molecule has 0 atom stereocenters. The molecule has 0 spiro atoms. The molecule has 0 aliphatic rings. The first-order valence-electron chi connectivity index (χ1n) is 7.84. The summed E-state index contributed by atoms with van der Waals surface area (Å²) in [6.45, 7) is 0. The van der Waals surface area contributed by atoms with E-state index in [1.54, 1.807) is 6.20 Å². The predicted octanol–water partition coefficient (Wildman–Crippen LogP) is 4.27. The van der Waals surface area contributed by atoms with Crippen molar-refractivity contribution in [3.63, 3.8) is 0 Å². The van der Waals surface area contributed by atoms with E-state index in [0.717, 1.165) is 44.2 Å². The van der Waals surface area contributed by atoms with Crippen molar-refractivity contribution in [2.24, 2.45) is 7.05 Å². The van der Waals surface area contributed by atoms with Crippen molar-refractivity contribution in [2.45, 2.75) is 0 Å². The van der Waals surface area contributed by atoms with E-state index in [0.29, 0.717) is 5.71 Å². The number of aryl methyl sites for hydroxylation is 1. The zero-order valence-corrected chi connectivity index (χ0v) is 12.9. The van der Waals surface area contributed by atoms with Gasteiger partial charge in [-0.1, -0.05) is 12.1 Å². The molecular formula is C19H12N4O. The monoisotopic (exact) mass is 312 g/mol. The lowest BCUT2D eigenvalue weighted by Crippen LogP contribution is -1.87. The average molecular weight is 312 g/mol. The minimum atomic E-state index is 0.666. The number of hydrogen-bond donors (Lipinski definition) is 0. The molecule has 24 heavy (non-hydrogen) atoms. The summed E-state index contributed by atoms with van der Waals surface area (Å²) in [5.74, 6) is 0.932. The number of pyridine rings is 1. The summed E-state index contributed by atoms with van der Waals surface area (Å²) in [5.41, 5.74) is 5.82. The number of para-hydroxylation sites is 2. The van der Waals surface area contributed by atoms with E-state index < -0.39 is 0 Å². The lowest BCUT2D eigenvalue weighted by atomic mass is 10.2. The zero-order chi connectivity index (χ0) is 15.8. The van der Waals surface area contributed by atoms with Crippen LogP contribution in [-0.4, -0.2) is 18.9 Å². The maximum absolute atomic E-state index is 5.94. The van der Waals surface area contributed by atoms with Crippen molar-refractivity contribution in [2.75, 3.05) is 0 Å². The van der Waals surface area contributed by atoms with Crippen molar-refractivity contribution in [3.05, 3.63) is 54.7 Å². The molecule has 0 saturated heterocycles. The molecule has 4 heterocycles. The first kappa shape index (κ1) is 12.1. The molecule has 0 aliphatic heterocycles. The van der Waals surface area contributed by atoms with Gasteiger partial charge < -0.3 is 8.98 Å². The van der Waals surface area contributed by atoms with E-state index in [2.05, 4.69) is 44.3 Å². The first-order valence-corrected chi connectivity index (χ1v) is 7.84. The van der Waals surface area contributed by atoms with Crippen LogP contribution in [0.2, 0.25) is 0 Å². The summed E-state index contributed by atoms with van der Waals surface area (Å²) in [6.07, 6.45) is 1.75. The van der Waals surface area contributed by atoms with Crippen LogP contribution < -0.4 is 0 Å². The Balaban J connectivity index is 1.88. The second-order valence-electron chi connectivity index (χ2n) is 6.09. The third kappa shape index (κ3) is 1.31. The van der Waals surface area contributed by atoms with Gasteiger partial charge in [-0.15, -0.1) is 0 Å². The number of hydrogen-bond acceptors (Lipinski definition) is 3. The molecule has 0 radical (unpaired) electrons.